The summed E-state index contributed by atoms with van der Waals surface area (Å²) in [5.74, 6) is -0.368. The maximum atomic E-state index is 11.1. The van der Waals surface area contributed by atoms with Crippen LogP contribution in [0.15, 0.2) is 75.1 Å². The van der Waals surface area contributed by atoms with Gasteiger partial charge in [-0.2, -0.15) is 5.10 Å². The zero-order valence-electron chi connectivity index (χ0n) is 11.9. The molecule has 0 radical (unpaired) electrons. The first-order valence-corrected chi connectivity index (χ1v) is 6.73. The molecule has 1 N–H and O–H groups in total. The Balaban J connectivity index is 2.05. The predicted octanol–water partition coefficient (Wildman–Crippen LogP) is 2.25. The summed E-state index contributed by atoms with van der Waals surface area (Å²) in [6.07, 6.45) is 0. The van der Waals surface area contributed by atoms with Crippen LogP contribution in [0.25, 0.3) is 0 Å². The Hall–Kier alpha value is -3.15. The summed E-state index contributed by atoms with van der Waals surface area (Å²) in [6, 6.07) is 19.6. The maximum Gasteiger partial charge on any atom is 0.440 e. The topological polar surface area (TPSA) is 74.5 Å². The molecule has 0 fully saturated rings. The van der Waals surface area contributed by atoms with Gasteiger partial charge >= 0.3 is 5.76 Å². The van der Waals surface area contributed by atoms with Gasteiger partial charge in [0.15, 0.2) is 0 Å². The van der Waals surface area contributed by atoms with Crippen molar-refractivity contribution in [3.8, 4) is 0 Å². The molecule has 0 aliphatic heterocycles. The Morgan fingerprint density at radius 1 is 1.05 bits per heavy atom. The molecule has 0 amide bonds. The van der Waals surface area contributed by atoms with E-state index < -0.39 is 5.76 Å². The summed E-state index contributed by atoms with van der Waals surface area (Å²) in [4.78, 5) is 13.5. The van der Waals surface area contributed by atoms with E-state index in [2.05, 4.69) is 19.8 Å². The summed E-state index contributed by atoms with van der Waals surface area (Å²) < 4.78 is 4.51. The van der Waals surface area contributed by atoms with E-state index >= 15 is 0 Å². The van der Waals surface area contributed by atoms with Crippen molar-refractivity contribution in [3.05, 3.63) is 82.3 Å². The van der Waals surface area contributed by atoms with Crippen molar-refractivity contribution in [2.45, 2.75) is 0 Å². The molecule has 110 valence electrons. The molecule has 0 atom stereocenters. The van der Waals surface area contributed by atoms with Gasteiger partial charge in [0.25, 0.3) is 5.95 Å². The minimum absolute atomic E-state index is 0.245. The Bertz CT molecular complexity index is 780. The lowest BCUT2D eigenvalue weighted by atomic mass is 10.0. The maximum absolute atomic E-state index is 11.1. The van der Waals surface area contributed by atoms with E-state index in [9.17, 15) is 4.79 Å². The number of aromatic nitrogens is 2. The highest BCUT2D eigenvalue weighted by molar-refractivity contribution is 6.13. The van der Waals surface area contributed by atoms with Crippen LogP contribution in [0, 0.1) is 0 Å². The largest absolute Gasteiger partial charge is 0.440 e. The number of hydrazone groups is 1. The fraction of sp³-hybridized carbons (Fsp3) is 0.0625. The van der Waals surface area contributed by atoms with E-state index in [0.29, 0.717) is 0 Å². The van der Waals surface area contributed by atoms with Gasteiger partial charge in [-0.05, 0) is 5.16 Å². The van der Waals surface area contributed by atoms with Crippen molar-refractivity contribution in [2.24, 2.45) is 5.10 Å². The molecule has 2 aromatic carbocycles. The third-order valence-corrected chi connectivity index (χ3v) is 3.08. The smallest absolute Gasteiger partial charge is 0.294 e. The summed E-state index contributed by atoms with van der Waals surface area (Å²) in [5.41, 5.74) is 2.70. The standard InChI is InChI=1S/C16H14N4O2/c1-20(15-17-16(21)22-19-15)18-14(12-8-4-2-5-9-12)13-10-6-3-7-11-13/h2-11H,1H3,(H,17,19,21). The molecule has 0 unspecified atom stereocenters. The number of nitrogens with one attached hydrogen (secondary N) is 1. The number of H-pyrrole nitrogens is 1. The van der Waals surface area contributed by atoms with Crippen molar-refractivity contribution >= 4 is 11.7 Å². The zero-order chi connectivity index (χ0) is 15.4. The molecule has 3 aromatic rings. The molecular formula is C16H14N4O2. The molecule has 0 bridgehead atoms. The van der Waals surface area contributed by atoms with Crippen molar-refractivity contribution in [1.82, 2.24) is 10.1 Å². The molecule has 3 rings (SSSR count). The van der Waals surface area contributed by atoms with Crippen LogP contribution >= 0.6 is 0 Å². The quantitative estimate of drug-likeness (QED) is 0.591. The number of nitrogens with zero attached hydrogens (tertiary/aromatic N) is 3. The number of hydrogen-bond acceptors (Lipinski definition) is 5. The summed E-state index contributed by atoms with van der Waals surface area (Å²) in [6.45, 7) is 0. The Morgan fingerprint density at radius 3 is 2.05 bits per heavy atom. The lowest BCUT2D eigenvalue weighted by Crippen LogP contribution is -2.16. The molecule has 6 nitrogen and oxygen atoms in total. The van der Waals surface area contributed by atoms with Crippen LogP contribution in [-0.2, 0) is 0 Å². The monoisotopic (exact) mass is 294 g/mol. The van der Waals surface area contributed by atoms with E-state index in [1.807, 2.05) is 60.7 Å². The highest BCUT2D eigenvalue weighted by atomic mass is 16.5. The molecule has 0 aliphatic carbocycles. The number of anilines is 1. The van der Waals surface area contributed by atoms with Gasteiger partial charge in [-0.15, -0.1) is 0 Å². The lowest BCUT2D eigenvalue weighted by Gasteiger charge is -2.13. The first-order valence-electron chi connectivity index (χ1n) is 6.73. The van der Waals surface area contributed by atoms with Crippen molar-refractivity contribution < 1.29 is 4.52 Å². The normalized spacial score (nSPS) is 10.2. The third kappa shape index (κ3) is 2.95. The fourth-order valence-corrected chi connectivity index (χ4v) is 2.03. The number of aromatic amines is 1. The van der Waals surface area contributed by atoms with Gasteiger partial charge in [0.2, 0.25) is 0 Å². The minimum atomic E-state index is -0.613. The molecule has 1 aromatic heterocycles. The SMILES string of the molecule is CN(N=C(c1ccccc1)c1ccccc1)c1noc(=O)[nH]1. The van der Waals surface area contributed by atoms with Crippen molar-refractivity contribution in [2.75, 3.05) is 12.1 Å². The Morgan fingerprint density at radius 2 is 1.59 bits per heavy atom. The van der Waals surface area contributed by atoms with Crippen LogP contribution in [-0.4, -0.2) is 22.9 Å². The Labute approximate surface area is 126 Å². The van der Waals surface area contributed by atoms with Gasteiger partial charge < -0.3 is 0 Å². The molecule has 1 heterocycles. The van der Waals surface area contributed by atoms with E-state index in [1.54, 1.807) is 7.05 Å². The van der Waals surface area contributed by atoms with E-state index in [1.165, 1.54) is 5.01 Å². The average molecular weight is 294 g/mol. The lowest BCUT2D eigenvalue weighted by molar-refractivity contribution is 0.386. The number of rotatable bonds is 4. The van der Waals surface area contributed by atoms with Gasteiger partial charge in [0.05, 0.1) is 5.71 Å². The fourth-order valence-electron chi connectivity index (χ4n) is 2.03. The minimum Gasteiger partial charge on any atom is -0.294 e. The van der Waals surface area contributed by atoms with Gasteiger partial charge in [-0.3, -0.25) is 9.51 Å². The van der Waals surface area contributed by atoms with Crippen molar-refractivity contribution in [1.29, 1.82) is 0 Å². The summed E-state index contributed by atoms with van der Waals surface area (Å²) in [5, 5.41) is 9.66. The second-order valence-electron chi connectivity index (χ2n) is 4.62. The van der Waals surface area contributed by atoms with Gasteiger partial charge in [-0.1, -0.05) is 60.7 Å². The molecule has 22 heavy (non-hydrogen) atoms. The highest BCUT2D eigenvalue weighted by Crippen LogP contribution is 2.13. The van der Waals surface area contributed by atoms with Crippen LogP contribution in [0.2, 0.25) is 0 Å². The molecule has 0 saturated carbocycles. The van der Waals surface area contributed by atoms with Crippen molar-refractivity contribution in [3.63, 3.8) is 0 Å². The van der Waals surface area contributed by atoms with Gasteiger partial charge in [-0.25, -0.2) is 9.80 Å². The summed E-state index contributed by atoms with van der Waals surface area (Å²) in [7, 11) is 1.69. The van der Waals surface area contributed by atoms with Crippen LogP contribution in [0.1, 0.15) is 11.1 Å². The van der Waals surface area contributed by atoms with Crippen LogP contribution < -0.4 is 10.8 Å². The Kier molecular flexibility index (Phi) is 3.82. The second kappa shape index (κ2) is 6.09. The van der Waals surface area contributed by atoms with E-state index in [-0.39, 0.29) is 5.95 Å². The first-order chi connectivity index (χ1) is 10.7. The molecule has 0 spiro atoms. The van der Waals surface area contributed by atoms with Crippen LogP contribution in [0.4, 0.5) is 5.95 Å². The molecular weight excluding hydrogens is 280 g/mol. The molecule has 0 saturated heterocycles. The van der Waals surface area contributed by atoms with E-state index in [0.717, 1.165) is 16.8 Å². The van der Waals surface area contributed by atoms with Crippen LogP contribution in [0.3, 0.4) is 0 Å². The van der Waals surface area contributed by atoms with Gasteiger partial charge in [0, 0.05) is 18.2 Å². The number of benzene rings is 2. The zero-order valence-corrected chi connectivity index (χ0v) is 11.9. The van der Waals surface area contributed by atoms with E-state index in [4.69, 9.17) is 0 Å². The first kappa shape index (κ1) is 13.8. The number of hydrogen-bond donors (Lipinski definition) is 1. The third-order valence-electron chi connectivity index (χ3n) is 3.08. The molecule has 0 aliphatic rings. The highest BCUT2D eigenvalue weighted by Gasteiger charge is 2.11. The molecule has 6 heteroatoms. The second-order valence-corrected chi connectivity index (χ2v) is 4.62. The van der Waals surface area contributed by atoms with Gasteiger partial charge in [0.1, 0.15) is 0 Å². The predicted molar refractivity (Wildman–Crippen MR) is 84.0 cm³/mol. The van der Waals surface area contributed by atoms with Crippen LogP contribution in [0.5, 0.6) is 0 Å². The summed E-state index contributed by atoms with van der Waals surface area (Å²) >= 11 is 0. The average Bonchev–Trinajstić information content (AvgIpc) is 3.01.